The molecule has 0 saturated carbocycles. The summed E-state index contributed by atoms with van der Waals surface area (Å²) in [5.74, 6) is 0. The minimum Gasteiger partial charge on any atom is -0.336 e. The van der Waals surface area contributed by atoms with Crippen LogP contribution in [0.3, 0.4) is 0 Å². The summed E-state index contributed by atoms with van der Waals surface area (Å²) in [5.41, 5.74) is 1.37. The number of imidazole rings is 1. The fourth-order valence-corrected chi connectivity index (χ4v) is 1.05. The van der Waals surface area contributed by atoms with Crippen LogP contribution < -0.4 is 5.32 Å². The van der Waals surface area contributed by atoms with E-state index in [0.29, 0.717) is 11.6 Å². The standard InChI is InChI=1S/C8H11Cl2N3/c9-5-8(10)6-11-1-3-13-4-2-12-7-13/h2,4-5,7,11H,1,3,6H2. The number of hydrogen-bond acceptors (Lipinski definition) is 2. The van der Waals surface area contributed by atoms with E-state index >= 15 is 0 Å². The van der Waals surface area contributed by atoms with Gasteiger partial charge in [0.05, 0.1) is 6.33 Å². The molecule has 0 bridgehead atoms. The maximum absolute atomic E-state index is 5.67. The van der Waals surface area contributed by atoms with Gasteiger partial charge in [-0.3, -0.25) is 0 Å². The summed E-state index contributed by atoms with van der Waals surface area (Å²) in [6.45, 7) is 2.34. The first-order chi connectivity index (χ1) is 6.33. The van der Waals surface area contributed by atoms with Crippen LogP contribution in [-0.4, -0.2) is 22.6 Å². The van der Waals surface area contributed by atoms with Crippen molar-refractivity contribution in [3.05, 3.63) is 29.3 Å². The average molecular weight is 220 g/mol. The summed E-state index contributed by atoms with van der Waals surface area (Å²) in [5, 5.41) is 3.76. The minimum absolute atomic E-state index is 0.611. The second kappa shape index (κ2) is 6.02. The highest BCUT2D eigenvalue weighted by atomic mass is 35.5. The van der Waals surface area contributed by atoms with Crippen LogP contribution in [0.5, 0.6) is 0 Å². The van der Waals surface area contributed by atoms with Gasteiger partial charge in [-0.1, -0.05) is 23.2 Å². The van der Waals surface area contributed by atoms with Crippen molar-refractivity contribution in [2.24, 2.45) is 0 Å². The zero-order chi connectivity index (χ0) is 9.52. The van der Waals surface area contributed by atoms with Gasteiger partial charge in [0.25, 0.3) is 0 Å². The summed E-state index contributed by atoms with van der Waals surface area (Å²) in [4.78, 5) is 3.93. The Morgan fingerprint density at radius 1 is 1.62 bits per heavy atom. The van der Waals surface area contributed by atoms with E-state index < -0.39 is 0 Å². The van der Waals surface area contributed by atoms with E-state index in [1.165, 1.54) is 5.54 Å². The van der Waals surface area contributed by atoms with Crippen molar-refractivity contribution in [2.75, 3.05) is 13.1 Å². The molecule has 5 heteroatoms. The van der Waals surface area contributed by atoms with Crippen LogP contribution in [0.2, 0.25) is 0 Å². The molecule has 0 spiro atoms. The summed E-state index contributed by atoms with van der Waals surface area (Å²) >= 11 is 11.1. The van der Waals surface area contributed by atoms with Crippen molar-refractivity contribution in [2.45, 2.75) is 6.54 Å². The molecule has 72 valence electrons. The lowest BCUT2D eigenvalue weighted by Gasteiger charge is -2.03. The van der Waals surface area contributed by atoms with Gasteiger partial charge in [-0.25, -0.2) is 4.98 Å². The van der Waals surface area contributed by atoms with Crippen molar-refractivity contribution in [3.63, 3.8) is 0 Å². The molecule has 0 saturated heterocycles. The largest absolute Gasteiger partial charge is 0.336 e. The third kappa shape index (κ3) is 4.31. The smallest absolute Gasteiger partial charge is 0.0946 e. The molecule has 0 amide bonds. The Morgan fingerprint density at radius 2 is 2.46 bits per heavy atom. The predicted molar refractivity (Wildman–Crippen MR) is 54.9 cm³/mol. The van der Waals surface area contributed by atoms with Crippen LogP contribution in [0.4, 0.5) is 0 Å². The number of hydrogen-bond donors (Lipinski definition) is 1. The quantitative estimate of drug-likeness (QED) is 0.766. The number of nitrogens with zero attached hydrogens (tertiary/aromatic N) is 2. The Morgan fingerprint density at radius 3 is 3.08 bits per heavy atom. The third-order valence-electron chi connectivity index (χ3n) is 1.52. The topological polar surface area (TPSA) is 29.9 Å². The number of halogens is 2. The zero-order valence-corrected chi connectivity index (χ0v) is 8.59. The van der Waals surface area contributed by atoms with E-state index in [4.69, 9.17) is 23.2 Å². The van der Waals surface area contributed by atoms with E-state index in [9.17, 15) is 0 Å². The molecule has 1 N–H and O–H groups in total. The number of aromatic nitrogens is 2. The van der Waals surface area contributed by atoms with Crippen LogP contribution in [0, 0.1) is 0 Å². The fraction of sp³-hybridized carbons (Fsp3) is 0.375. The second-order valence-electron chi connectivity index (χ2n) is 2.53. The van der Waals surface area contributed by atoms with Gasteiger partial charge in [0.2, 0.25) is 0 Å². The van der Waals surface area contributed by atoms with E-state index in [1.54, 1.807) is 12.5 Å². The van der Waals surface area contributed by atoms with Crippen LogP contribution in [0.15, 0.2) is 29.3 Å². The van der Waals surface area contributed by atoms with Crippen LogP contribution in [0.25, 0.3) is 0 Å². The van der Waals surface area contributed by atoms with Gasteiger partial charge >= 0.3 is 0 Å². The lowest BCUT2D eigenvalue weighted by Crippen LogP contribution is -2.20. The molecule has 13 heavy (non-hydrogen) atoms. The first kappa shape index (κ1) is 10.6. The van der Waals surface area contributed by atoms with Gasteiger partial charge in [-0.15, -0.1) is 0 Å². The maximum Gasteiger partial charge on any atom is 0.0946 e. The average Bonchev–Trinajstić information content (AvgIpc) is 2.64. The summed E-state index contributed by atoms with van der Waals surface area (Å²) in [6, 6.07) is 0. The summed E-state index contributed by atoms with van der Waals surface area (Å²) in [6.07, 6.45) is 5.45. The second-order valence-corrected chi connectivity index (χ2v) is 3.24. The fourth-order valence-electron chi connectivity index (χ4n) is 0.874. The summed E-state index contributed by atoms with van der Waals surface area (Å²) in [7, 11) is 0. The van der Waals surface area contributed by atoms with Gasteiger partial charge in [0, 0.05) is 42.6 Å². The predicted octanol–water partition coefficient (Wildman–Crippen LogP) is 1.79. The van der Waals surface area contributed by atoms with Crippen molar-refractivity contribution in [1.82, 2.24) is 14.9 Å². The first-order valence-corrected chi connectivity index (χ1v) is 4.75. The molecule has 0 aliphatic carbocycles. The molecule has 3 nitrogen and oxygen atoms in total. The Labute approximate surface area is 87.4 Å². The van der Waals surface area contributed by atoms with Gasteiger partial charge in [0.1, 0.15) is 0 Å². The van der Waals surface area contributed by atoms with E-state index in [2.05, 4.69) is 10.3 Å². The van der Waals surface area contributed by atoms with Crippen molar-refractivity contribution >= 4 is 23.2 Å². The molecule has 0 aliphatic rings. The highest BCUT2D eigenvalue weighted by Crippen LogP contribution is 1.99. The van der Waals surface area contributed by atoms with Crippen LogP contribution in [-0.2, 0) is 6.54 Å². The Kier molecular flexibility index (Phi) is 4.90. The zero-order valence-electron chi connectivity index (χ0n) is 7.08. The maximum atomic E-state index is 5.67. The molecular weight excluding hydrogens is 209 g/mol. The first-order valence-electron chi connectivity index (χ1n) is 3.94. The SMILES string of the molecule is ClC=C(Cl)CNCCn1ccnc1. The monoisotopic (exact) mass is 219 g/mol. The summed E-state index contributed by atoms with van der Waals surface area (Å²) < 4.78 is 1.99. The van der Waals surface area contributed by atoms with Crippen LogP contribution in [0.1, 0.15) is 0 Å². The molecule has 0 atom stereocenters. The van der Waals surface area contributed by atoms with Crippen molar-refractivity contribution in [1.29, 1.82) is 0 Å². The van der Waals surface area contributed by atoms with Gasteiger partial charge in [-0.2, -0.15) is 0 Å². The van der Waals surface area contributed by atoms with Gasteiger partial charge in [-0.05, 0) is 0 Å². The van der Waals surface area contributed by atoms with Gasteiger partial charge in [0.15, 0.2) is 0 Å². The van der Waals surface area contributed by atoms with Crippen molar-refractivity contribution < 1.29 is 0 Å². The molecule has 1 aromatic heterocycles. The van der Waals surface area contributed by atoms with Crippen LogP contribution >= 0.6 is 23.2 Å². The van der Waals surface area contributed by atoms with E-state index in [0.717, 1.165) is 13.1 Å². The normalized spacial score (nSPS) is 12.0. The molecule has 0 unspecified atom stereocenters. The Bertz CT molecular complexity index is 256. The molecule has 0 radical (unpaired) electrons. The Hall–Kier alpha value is -0.510. The number of nitrogens with one attached hydrogen (secondary N) is 1. The molecule has 1 heterocycles. The Balaban J connectivity index is 2.08. The molecule has 0 fully saturated rings. The molecule has 0 aliphatic heterocycles. The highest BCUT2D eigenvalue weighted by Gasteiger charge is 1.91. The highest BCUT2D eigenvalue weighted by molar-refractivity contribution is 6.36. The minimum atomic E-state index is 0.611. The van der Waals surface area contributed by atoms with E-state index in [1.807, 2.05) is 10.8 Å². The molecule has 1 aromatic rings. The van der Waals surface area contributed by atoms with Crippen molar-refractivity contribution in [3.8, 4) is 0 Å². The third-order valence-corrected chi connectivity index (χ3v) is 2.14. The molecule has 0 aromatic carbocycles. The van der Waals surface area contributed by atoms with Gasteiger partial charge < -0.3 is 9.88 Å². The lowest BCUT2D eigenvalue weighted by molar-refractivity contribution is 0.623. The molecule has 1 rings (SSSR count). The lowest BCUT2D eigenvalue weighted by atomic mass is 10.5. The molecular formula is C8H11Cl2N3. The van der Waals surface area contributed by atoms with E-state index in [-0.39, 0.29) is 0 Å². The number of rotatable bonds is 5.